The van der Waals surface area contributed by atoms with E-state index in [1.165, 1.54) is 7.11 Å². The number of aromatic nitrogens is 2. The molecule has 1 fully saturated rings. The Balaban J connectivity index is 1.64. The molecule has 1 aromatic carbocycles. The lowest BCUT2D eigenvalue weighted by molar-refractivity contribution is -0.148. The quantitative estimate of drug-likeness (QED) is 0.815. The van der Waals surface area contributed by atoms with E-state index in [0.717, 1.165) is 11.1 Å². The van der Waals surface area contributed by atoms with E-state index in [-0.39, 0.29) is 23.8 Å². The highest BCUT2D eigenvalue weighted by atomic mass is 16.5. The van der Waals surface area contributed by atoms with Crippen LogP contribution < -0.4 is 10.6 Å². The molecule has 1 amide bonds. The first-order chi connectivity index (χ1) is 12.7. The van der Waals surface area contributed by atoms with Gasteiger partial charge in [-0.15, -0.1) is 0 Å². The zero-order chi connectivity index (χ0) is 18.1. The number of carbonyl (C=O) groups excluding carboxylic acids is 2. The van der Waals surface area contributed by atoms with E-state index >= 15 is 0 Å². The molecule has 2 heterocycles. The second-order valence-corrected chi connectivity index (χ2v) is 6.63. The van der Waals surface area contributed by atoms with Crippen molar-refractivity contribution in [3.63, 3.8) is 0 Å². The van der Waals surface area contributed by atoms with Crippen LogP contribution in [0.15, 0.2) is 30.3 Å². The molecule has 7 heteroatoms. The summed E-state index contributed by atoms with van der Waals surface area (Å²) >= 11 is 0. The monoisotopic (exact) mass is 352 g/mol. The second kappa shape index (κ2) is 6.74. The number of benzene rings is 1. The maximum absolute atomic E-state index is 12.3. The first-order valence-corrected chi connectivity index (χ1v) is 8.74. The number of esters is 1. The molecule has 0 atom stereocenters. The Hall–Kier alpha value is -2.96. The molecular formula is C19H20N4O3. The lowest BCUT2D eigenvalue weighted by Gasteiger charge is -2.35. The molecule has 4 rings (SSSR count). The predicted molar refractivity (Wildman–Crippen MR) is 95.7 cm³/mol. The van der Waals surface area contributed by atoms with Gasteiger partial charge in [0.05, 0.1) is 13.0 Å². The normalized spacial score (nSPS) is 21.2. The average Bonchev–Trinajstić information content (AvgIpc) is 2.64. The van der Waals surface area contributed by atoms with Gasteiger partial charge >= 0.3 is 5.97 Å². The van der Waals surface area contributed by atoms with Crippen molar-refractivity contribution in [1.82, 2.24) is 15.3 Å². The van der Waals surface area contributed by atoms with E-state index in [9.17, 15) is 9.59 Å². The molecule has 2 N–H and O–H groups in total. The van der Waals surface area contributed by atoms with Gasteiger partial charge in [0, 0.05) is 23.7 Å². The molecule has 1 aliphatic carbocycles. The number of fused-ring (bicyclic) bond motifs is 1. The molecule has 0 bridgehead atoms. The fourth-order valence-corrected chi connectivity index (χ4v) is 3.42. The molecule has 0 spiro atoms. The van der Waals surface area contributed by atoms with Crippen LogP contribution in [-0.2, 0) is 16.0 Å². The number of methoxy groups -OCH3 is 1. The minimum Gasteiger partial charge on any atom is -0.469 e. The Morgan fingerprint density at radius 3 is 2.73 bits per heavy atom. The lowest BCUT2D eigenvalue weighted by Crippen LogP contribution is -2.41. The SMILES string of the molecule is COC(=O)C1CC(Nc2nc(-c3ccccc3)nc3c2CCNC3=O)C1. The van der Waals surface area contributed by atoms with Gasteiger partial charge in [0.25, 0.3) is 5.91 Å². The van der Waals surface area contributed by atoms with Crippen molar-refractivity contribution < 1.29 is 14.3 Å². The van der Waals surface area contributed by atoms with Crippen LogP contribution in [0.5, 0.6) is 0 Å². The smallest absolute Gasteiger partial charge is 0.308 e. The molecule has 0 unspecified atom stereocenters. The minimum atomic E-state index is -0.171. The van der Waals surface area contributed by atoms with Crippen LogP contribution in [0.1, 0.15) is 28.9 Å². The van der Waals surface area contributed by atoms with E-state index in [0.29, 0.717) is 43.1 Å². The maximum atomic E-state index is 12.3. The van der Waals surface area contributed by atoms with Gasteiger partial charge in [-0.2, -0.15) is 0 Å². The van der Waals surface area contributed by atoms with Gasteiger partial charge in [-0.3, -0.25) is 9.59 Å². The van der Waals surface area contributed by atoms with Crippen molar-refractivity contribution >= 4 is 17.7 Å². The first kappa shape index (κ1) is 16.5. The molecule has 7 nitrogen and oxygen atoms in total. The summed E-state index contributed by atoms with van der Waals surface area (Å²) in [6, 6.07) is 9.74. The van der Waals surface area contributed by atoms with Crippen molar-refractivity contribution in [1.29, 1.82) is 0 Å². The zero-order valence-corrected chi connectivity index (χ0v) is 14.5. The Morgan fingerprint density at radius 1 is 1.23 bits per heavy atom. The number of carbonyl (C=O) groups is 2. The predicted octanol–water partition coefficient (Wildman–Crippen LogP) is 1.79. The fraction of sp³-hybridized carbons (Fsp3) is 0.368. The van der Waals surface area contributed by atoms with E-state index in [4.69, 9.17) is 4.74 Å². The number of nitrogens with zero attached hydrogens (tertiary/aromatic N) is 2. The minimum absolute atomic E-state index is 0.0629. The van der Waals surface area contributed by atoms with Crippen LogP contribution in [0.25, 0.3) is 11.4 Å². The average molecular weight is 352 g/mol. The van der Waals surface area contributed by atoms with Crippen molar-refractivity contribution in [2.45, 2.75) is 25.3 Å². The van der Waals surface area contributed by atoms with Crippen LogP contribution in [0.3, 0.4) is 0 Å². The maximum Gasteiger partial charge on any atom is 0.308 e. The van der Waals surface area contributed by atoms with Crippen LogP contribution in [-0.4, -0.2) is 41.5 Å². The number of anilines is 1. The number of rotatable bonds is 4. The third kappa shape index (κ3) is 3.00. The van der Waals surface area contributed by atoms with E-state index in [1.54, 1.807) is 0 Å². The van der Waals surface area contributed by atoms with Crippen LogP contribution in [0.2, 0.25) is 0 Å². The van der Waals surface area contributed by atoms with Gasteiger partial charge < -0.3 is 15.4 Å². The lowest BCUT2D eigenvalue weighted by atomic mass is 9.80. The summed E-state index contributed by atoms with van der Waals surface area (Å²) in [5.74, 6) is 0.809. The summed E-state index contributed by atoms with van der Waals surface area (Å²) in [6.07, 6.45) is 2.10. The number of nitrogens with one attached hydrogen (secondary N) is 2. The van der Waals surface area contributed by atoms with Crippen molar-refractivity contribution in [2.75, 3.05) is 19.0 Å². The molecule has 0 radical (unpaired) electrons. The summed E-state index contributed by atoms with van der Waals surface area (Å²) in [7, 11) is 1.41. The largest absolute Gasteiger partial charge is 0.469 e. The molecule has 134 valence electrons. The van der Waals surface area contributed by atoms with Crippen LogP contribution in [0.4, 0.5) is 5.82 Å². The van der Waals surface area contributed by atoms with E-state index in [2.05, 4.69) is 20.6 Å². The van der Waals surface area contributed by atoms with Crippen LogP contribution >= 0.6 is 0 Å². The first-order valence-electron chi connectivity index (χ1n) is 8.74. The second-order valence-electron chi connectivity index (χ2n) is 6.63. The summed E-state index contributed by atoms with van der Waals surface area (Å²) in [4.78, 5) is 33.0. The highest BCUT2D eigenvalue weighted by molar-refractivity contribution is 5.96. The van der Waals surface area contributed by atoms with Crippen LogP contribution in [0, 0.1) is 5.92 Å². The molecule has 2 aromatic rings. The van der Waals surface area contributed by atoms with E-state index in [1.807, 2.05) is 30.3 Å². The highest BCUT2D eigenvalue weighted by Gasteiger charge is 2.36. The molecule has 1 aromatic heterocycles. The van der Waals surface area contributed by atoms with Gasteiger partial charge in [-0.25, -0.2) is 9.97 Å². The number of hydrogen-bond donors (Lipinski definition) is 2. The molecule has 0 saturated heterocycles. The topological polar surface area (TPSA) is 93.2 Å². The molecule has 1 saturated carbocycles. The summed E-state index contributed by atoms with van der Waals surface area (Å²) in [5, 5.41) is 6.24. The summed E-state index contributed by atoms with van der Waals surface area (Å²) in [6.45, 7) is 0.573. The number of hydrogen-bond acceptors (Lipinski definition) is 6. The Kier molecular flexibility index (Phi) is 4.28. The van der Waals surface area contributed by atoms with Crippen molar-refractivity contribution in [3.05, 3.63) is 41.6 Å². The third-order valence-corrected chi connectivity index (χ3v) is 4.93. The third-order valence-electron chi connectivity index (χ3n) is 4.93. The van der Waals surface area contributed by atoms with Gasteiger partial charge in [-0.1, -0.05) is 30.3 Å². The van der Waals surface area contributed by atoms with E-state index < -0.39 is 0 Å². The molecular weight excluding hydrogens is 332 g/mol. The summed E-state index contributed by atoms with van der Waals surface area (Å²) < 4.78 is 4.79. The van der Waals surface area contributed by atoms with Gasteiger partial charge in [0.2, 0.25) is 0 Å². The fourth-order valence-electron chi connectivity index (χ4n) is 3.42. The highest BCUT2D eigenvalue weighted by Crippen LogP contribution is 2.33. The Labute approximate surface area is 151 Å². The van der Waals surface area contributed by atoms with Gasteiger partial charge in [-0.05, 0) is 19.3 Å². The van der Waals surface area contributed by atoms with Crippen molar-refractivity contribution in [2.24, 2.45) is 5.92 Å². The van der Waals surface area contributed by atoms with Gasteiger partial charge in [0.15, 0.2) is 5.82 Å². The zero-order valence-electron chi connectivity index (χ0n) is 14.5. The van der Waals surface area contributed by atoms with Crippen molar-refractivity contribution in [3.8, 4) is 11.4 Å². The Morgan fingerprint density at radius 2 is 2.00 bits per heavy atom. The van der Waals surface area contributed by atoms with Gasteiger partial charge in [0.1, 0.15) is 11.5 Å². The summed E-state index contributed by atoms with van der Waals surface area (Å²) in [5.41, 5.74) is 2.13. The molecule has 26 heavy (non-hydrogen) atoms. The molecule has 1 aliphatic heterocycles. The number of amides is 1. The number of ether oxygens (including phenoxy) is 1. The standard InChI is InChI=1S/C19H20N4O3/c1-26-19(25)12-9-13(10-12)21-17-14-7-8-20-18(24)15(14)22-16(23-17)11-5-3-2-4-6-11/h2-6,12-13H,7-10H2,1H3,(H,20,24)(H,21,22,23). The molecule has 2 aliphatic rings. The Bertz CT molecular complexity index is 847.